The summed E-state index contributed by atoms with van der Waals surface area (Å²) in [7, 11) is -3.73. The summed E-state index contributed by atoms with van der Waals surface area (Å²) in [5.41, 5.74) is 1.05. The average molecular weight is 373 g/mol. The van der Waals surface area contributed by atoms with Gasteiger partial charge in [0.25, 0.3) is 10.0 Å². The number of aliphatic hydroxyl groups excluding tert-OH is 1. The minimum absolute atomic E-state index is 0.155. The first kappa shape index (κ1) is 18.6. The van der Waals surface area contributed by atoms with E-state index in [2.05, 4.69) is 0 Å². The second-order valence-electron chi connectivity index (χ2n) is 7.24. The molecule has 1 atom stereocenters. The van der Waals surface area contributed by atoms with Crippen molar-refractivity contribution in [3.05, 3.63) is 65.9 Å². The fraction of sp³-hybridized carbons (Fsp3) is 0.300. The third-order valence-electron chi connectivity index (χ3n) is 4.36. The Balaban J connectivity index is 2.10. The SMILES string of the molecule is Cc1ccc(S(=O)(=O)n2ccc3c(C(O)CC(C)(C)O)cccc32)cc1. The predicted molar refractivity (Wildman–Crippen MR) is 102 cm³/mol. The number of benzene rings is 2. The molecule has 2 aromatic carbocycles. The molecule has 26 heavy (non-hydrogen) atoms. The van der Waals surface area contributed by atoms with Crippen LogP contribution in [0.5, 0.6) is 0 Å². The summed E-state index contributed by atoms with van der Waals surface area (Å²) in [6.45, 7) is 5.16. The van der Waals surface area contributed by atoms with Crippen LogP contribution in [0.4, 0.5) is 0 Å². The number of aliphatic hydroxyl groups is 2. The maximum absolute atomic E-state index is 13.0. The van der Waals surface area contributed by atoms with E-state index in [1.54, 1.807) is 62.4 Å². The van der Waals surface area contributed by atoms with Gasteiger partial charge >= 0.3 is 0 Å². The molecule has 3 rings (SSSR count). The number of aryl methyl sites for hydroxylation is 1. The van der Waals surface area contributed by atoms with Crippen LogP contribution in [-0.4, -0.2) is 28.2 Å². The summed E-state index contributed by atoms with van der Waals surface area (Å²) < 4.78 is 27.2. The second-order valence-corrected chi connectivity index (χ2v) is 9.06. The van der Waals surface area contributed by atoms with Gasteiger partial charge in [0, 0.05) is 18.0 Å². The van der Waals surface area contributed by atoms with E-state index < -0.39 is 21.7 Å². The molecule has 0 aliphatic heterocycles. The van der Waals surface area contributed by atoms with Crippen LogP contribution in [0.15, 0.2) is 59.6 Å². The zero-order valence-corrected chi connectivity index (χ0v) is 15.9. The third kappa shape index (κ3) is 3.53. The Labute approximate surface area is 153 Å². The Kier molecular flexibility index (Phi) is 4.69. The number of hydrogen-bond donors (Lipinski definition) is 2. The fourth-order valence-electron chi connectivity index (χ4n) is 3.07. The molecule has 0 aliphatic carbocycles. The van der Waals surface area contributed by atoms with Crippen molar-refractivity contribution in [1.82, 2.24) is 3.97 Å². The highest BCUT2D eigenvalue weighted by molar-refractivity contribution is 7.90. The van der Waals surface area contributed by atoms with Crippen molar-refractivity contribution in [1.29, 1.82) is 0 Å². The maximum atomic E-state index is 13.0. The van der Waals surface area contributed by atoms with E-state index in [0.29, 0.717) is 16.5 Å². The molecule has 2 N–H and O–H groups in total. The lowest BCUT2D eigenvalue weighted by molar-refractivity contribution is 0.0184. The van der Waals surface area contributed by atoms with Crippen molar-refractivity contribution in [2.75, 3.05) is 0 Å². The molecule has 1 aromatic heterocycles. The molecular formula is C20H23NO4S. The molecule has 0 saturated heterocycles. The molecule has 0 fully saturated rings. The Bertz CT molecular complexity index is 1030. The van der Waals surface area contributed by atoms with Crippen LogP contribution in [0.2, 0.25) is 0 Å². The van der Waals surface area contributed by atoms with E-state index in [1.807, 2.05) is 6.92 Å². The minimum Gasteiger partial charge on any atom is -0.390 e. The summed E-state index contributed by atoms with van der Waals surface area (Å²) >= 11 is 0. The number of fused-ring (bicyclic) bond motifs is 1. The molecular weight excluding hydrogens is 350 g/mol. The zero-order chi connectivity index (χ0) is 19.1. The van der Waals surface area contributed by atoms with Gasteiger partial charge in [-0.05, 0) is 50.6 Å². The van der Waals surface area contributed by atoms with E-state index in [-0.39, 0.29) is 11.3 Å². The van der Waals surface area contributed by atoms with Gasteiger partial charge < -0.3 is 10.2 Å². The van der Waals surface area contributed by atoms with Crippen LogP contribution in [0.3, 0.4) is 0 Å². The lowest BCUT2D eigenvalue weighted by Gasteiger charge is -2.22. The smallest absolute Gasteiger partial charge is 0.268 e. The van der Waals surface area contributed by atoms with Crippen molar-refractivity contribution in [2.45, 2.75) is 43.8 Å². The van der Waals surface area contributed by atoms with Crippen molar-refractivity contribution in [3.63, 3.8) is 0 Å². The quantitative estimate of drug-likeness (QED) is 0.718. The van der Waals surface area contributed by atoms with Gasteiger partial charge in [-0.2, -0.15) is 0 Å². The van der Waals surface area contributed by atoms with Gasteiger partial charge in [0.2, 0.25) is 0 Å². The number of aromatic nitrogens is 1. The van der Waals surface area contributed by atoms with Crippen LogP contribution in [0, 0.1) is 6.92 Å². The molecule has 0 bridgehead atoms. The molecule has 0 saturated carbocycles. The number of rotatable bonds is 5. The van der Waals surface area contributed by atoms with Crippen molar-refractivity contribution < 1.29 is 18.6 Å². The van der Waals surface area contributed by atoms with Crippen LogP contribution in [-0.2, 0) is 10.0 Å². The highest BCUT2D eigenvalue weighted by atomic mass is 32.2. The molecule has 0 amide bonds. The fourth-order valence-corrected chi connectivity index (χ4v) is 4.42. The van der Waals surface area contributed by atoms with Gasteiger partial charge in [-0.3, -0.25) is 0 Å². The normalized spacial score (nSPS) is 13.9. The Morgan fingerprint density at radius 2 is 1.73 bits per heavy atom. The standard InChI is InChI=1S/C20H23NO4S/c1-14-7-9-15(10-8-14)26(24,25)21-12-11-16-17(5-4-6-18(16)21)19(22)13-20(2,3)23/h4-12,19,22-23H,13H2,1-3H3. The van der Waals surface area contributed by atoms with Gasteiger partial charge in [-0.25, -0.2) is 12.4 Å². The third-order valence-corrected chi connectivity index (χ3v) is 6.06. The number of nitrogens with zero attached hydrogens (tertiary/aromatic N) is 1. The summed E-state index contributed by atoms with van der Waals surface area (Å²) in [6.07, 6.45) is 0.763. The lowest BCUT2D eigenvalue weighted by atomic mass is 9.94. The molecule has 0 radical (unpaired) electrons. The highest BCUT2D eigenvalue weighted by Gasteiger charge is 2.24. The van der Waals surface area contributed by atoms with Gasteiger partial charge in [-0.1, -0.05) is 29.8 Å². The lowest BCUT2D eigenvalue weighted by Crippen LogP contribution is -2.22. The first-order valence-corrected chi connectivity index (χ1v) is 9.86. The van der Waals surface area contributed by atoms with Crippen molar-refractivity contribution in [3.8, 4) is 0 Å². The van der Waals surface area contributed by atoms with Crippen molar-refractivity contribution >= 4 is 20.9 Å². The highest BCUT2D eigenvalue weighted by Crippen LogP contribution is 2.31. The van der Waals surface area contributed by atoms with E-state index >= 15 is 0 Å². The summed E-state index contributed by atoms with van der Waals surface area (Å²) in [6, 6.07) is 13.6. The van der Waals surface area contributed by atoms with Gasteiger partial charge in [0.1, 0.15) is 0 Å². The summed E-state index contributed by atoms with van der Waals surface area (Å²) in [5, 5.41) is 21.1. The molecule has 1 unspecified atom stereocenters. The molecule has 0 spiro atoms. The first-order chi connectivity index (χ1) is 12.1. The molecule has 0 aliphatic rings. The van der Waals surface area contributed by atoms with E-state index in [0.717, 1.165) is 5.56 Å². The van der Waals surface area contributed by atoms with Gasteiger partial charge in [0.15, 0.2) is 0 Å². The minimum atomic E-state index is -3.73. The first-order valence-electron chi connectivity index (χ1n) is 8.42. The van der Waals surface area contributed by atoms with Crippen LogP contribution in [0.1, 0.15) is 37.5 Å². The van der Waals surface area contributed by atoms with Crippen LogP contribution < -0.4 is 0 Å². The van der Waals surface area contributed by atoms with E-state index in [1.165, 1.54) is 10.2 Å². The summed E-state index contributed by atoms with van der Waals surface area (Å²) in [5.74, 6) is 0. The summed E-state index contributed by atoms with van der Waals surface area (Å²) in [4.78, 5) is 0.211. The van der Waals surface area contributed by atoms with Gasteiger partial charge in [0.05, 0.1) is 22.1 Å². The topological polar surface area (TPSA) is 79.5 Å². The Hall–Kier alpha value is -2.15. The van der Waals surface area contributed by atoms with Gasteiger partial charge in [-0.15, -0.1) is 0 Å². The Morgan fingerprint density at radius 1 is 1.08 bits per heavy atom. The van der Waals surface area contributed by atoms with Crippen molar-refractivity contribution in [2.24, 2.45) is 0 Å². The van der Waals surface area contributed by atoms with E-state index in [9.17, 15) is 18.6 Å². The molecule has 5 nitrogen and oxygen atoms in total. The molecule has 138 valence electrons. The molecule has 1 heterocycles. The van der Waals surface area contributed by atoms with Crippen LogP contribution in [0.25, 0.3) is 10.9 Å². The molecule has 3 aromatic rings. The average Bonchev–Trinajstić information content (AvgIpc) is 2.98. The second kappa shape index (κ2) is 6.54. The predicted octanol–water partition coefficient (Wildman–Crippen LogP) is 3.38. The zero-order valence-electron chi connectivity index (χ0n) is 15.0. The molecule has 6 heteroatoms. The maximum Gasteiger partial charge on any atom is 0.268 e. The van der Waals surface area contributed by atoms with E-state index in [4.69, 9.17) is 0 Å². The monoisotopic (exact) mass is 373 g/mol. The number of hydrogen-bond acceptors (Lipinski definition) is 4. The largest absolute Gasteiger partial charge is 0.390 e. The van der Waals surface area contributed by atoms with Crippen LogP contribution >= 0.6 is 0 Å². The Morgan fingerprint density at radius 3 is 2.35 bits per heavy atom.